The van der Waals surface area contributed by atoms with Crippen LogP contribution in [0.15, 0.2) is 35.2 Å². The molecule has 1 aromatic carbocycles. The van der Waals surface area contributed by atoms with Crippen LogP contribution in [0.2, 0.25) is 5.02 Å². The zero-order chi connectivity index (χ0) is 12.3. The molecule has 4 nitrogen and oxygen atoms in total. The summed E-state index contributed by atoms with van der Waals surface area (Å²) < 4.78 is 6.19. The Morgan fingerprint density at radius 3 is 2.94 bits per heavy atom. The van der Waals surface area contributed by atoms with E-state index in [1.54, 1.807) is 18.2 Å². The van der Waals surface area contributed by atoms with Crippen molar-refractivity contribution >= 4 is 27.5 Å². The van der Waals surface area contributed by atoms with E-state index in [2.05, 4.69) is 25.9 Å². The highest BCUT2D eigenvalue weighted by Gasteiger charge is 2.08. The fraction of sp³-hybridized carbons (Fsp3) is 0. The molecule has 17 heavy (non-hydrogen) atoms. The van der Waals surface area contributed by atoms with Crippen molar-refractivity contribution in [2.45, 2.75) is 0 Å². The molecule has 0 atom stereocenters. The first-order chi connectivity index (χ1) is 8.20. The first-order valence-corrected chi connectivity index (χ1v) is 5.71. The molecule has 1 heterocycles. The summed E-state index contributed by atoms with van der Waals surface area (Å²) in [5.41, 5.74) is 0.273. The van der Waals surface area contributed by atoms with Crippen LogP contribution in [-0.2, 0) is 0 Å². The summed E-state index contributed by atoms with van der Waals surface area (Å²) in [4.78, 5) is 7.65. The van der Waals surface area contributed by atoms with Gasteiger partial charge < -0.3 is 4.74 Å². The highest BCUT2D eigenvalue weighted by atomic mass is 79.9. The van der Waals surface area contributed by atoms with Crippen LogP contribution in [0, 0.1) is 11.3 Å². The van der Waals surface area contributed by atoms with E-state index < -0.39 is 0 Å². The van der Waals surface area contributed by atoms with Crippen molar-refractivity contribution < 1.29 is 4.74 Å². The number of benzene rings is 1. The normalized spacial score (nSPS) is 9.71. The van der Waals surface area contributed by atoms with Gasteiger partial charge >= 0.3 is 0 Å². The minimum absolute atomic E-state index is 0.213. The molecule has 0 spiro atoms. The van der Waals surface area contributed by atoms with E-state index in [9.17, 15) is 0 Å². The van der Waals surface area contributed by atoms with E-state index in [-0.39, 0.29) is 11.4 Å². The molecule has 0 saturated heterocycles. The van der Waals surface area contributed by atoms with Gasteiger partial charge in [0.05, 0.1) is 10.7 Å². The first-order valence-electron chi connectivity index (χ1n) is 4.53. The molecule has 2 aromatic rings. The zero-order valence-corrected chi connectivity index (χ0v) is 10.7. The van der Waals surface area contributed by atoms with Gasteiger partial charge in [-0.25, -0.2) is 9.97 Å². The standard InChI is InChI=1S/C11H5BrClN3O/c12-9-3-8(13)1-2-10(9)17-11-7(4-14)5-15-6-16-11/h1-3,5-6H. The largest absolute Gasteiger partial charge is 0.436 e. The van der Waals surface area contributed by atoms with Crippen LogP contribution in [0.4, 0.5) is 0 Å². The molecule has 2 rings (SSSR count). The molecule has 0 radical (unpaired) electrons. The fourth-order valence-corrected chi connectivity index (χ4v) is 1.90. The van der Waals surface area contributed by atoms with E-state index in [4.69, 9.17) is 21.6 Å². The van der Waals surface area contributed by atoms with Crippen LogP contribution in [0.3, 0.4) is 0 Å². The molecule has 6 heteroatoms. The van der Waals surface area contributed by atoms with Crippen LogP contribution >= 0.6 is 27.5 Å². The summed E-state index contributed by atoms with van der Waals surface area (Å²) in [5, 5.41) is 9.46. The van der Waals surface area contributed by atoms with Crippen LogP contribution in [0.1, 0.15) is 5.56 Å². The third-order valence-electron chi connectivity index (χ3n) is 1.90. The number of hydrogen-bond donors (Lipinski definition) is 0. The number of rotatable bonds is 2. The summed E-state index contributed by atoms with van der Waals surface area (Å²) in [6, 6.07) is 7.03. The predicted molar refractivity (Wildman–Crippen MR) is 66.0 cm³/mol. The molecule has 0 aliphatic carbocycles. The molecule has 84 valence electrons. The Morgan fingerprint density at radius 2 is 2.24 bits per heavy atom. The number of nitrogens with zero attached hydrogens (tertiary/aromatic N) is 3. The molecule has 0 amide bonds. The van der Waals surface area contributed by atoms with Crippen molar-refractivity contribution in [3.05, 3.63) is 45.8 Å². The van der Waals surface area contributed by atoms with Gasteiger partial charge in [-0.15, -0.1) is 0 Å². The van der Waals surface area contributed by atoms with E-state index in [1.165, 1.54) is 12.5 Å². The molecule has 0 bridgehead atoms. The fourth-order valence-electron chi connectivity index (χ4n) is 1.14. The van der Waals surface area contributed by atoms with Crippen molar-refractivity contribution in [2.24, 2.45) is 0 Å². The number of halogens is 2. The van der Waals surface area contributed by atoms with Gasteiger partial charge in [-0.05, 0) is 34.1 Å². The Hall–Kier alpha value is -1.64. The maximum absolute atomic E-state index is 8.87. The molecule has 0 aliphatic heterocycles. The number of nitriles is 1. The third kappa shape index (κ3) is 2.73. The maximum atomic E-state index is 8.87. The van der Waals surface area contributed by atoms with Gasteiger partial charge in [0, 0.05) is 5.02 Å². The molecular formula is C11H5BrClN3O. The lowest BCUT2D eigenvalue weighted by Crippen LogP contribution is -1.93. The lowest BCUT2D eigenvalue weighted by Gasteiger charge is -2.07. The molecule has 0 N–H and O–H groups in total. The summed E-state index contributed by atoms with van der Waals surface area (Å²) in [6.45, 7) is 0. The van der Waals surface area contributed by atoms with Gasteiger partial charge in [0.1, 0.15) is 23.7 Å². The average molecular weight is 311 g/mol. The van der Waals surface area contributed by atoms with Crippen LogP contribution < -0.4 is 4.74 Å². The smallest absolute Gasteiger partial charge is 0.240 e. The van der Waals surface area contributed by atoms with Gasteiger partial charge in [0.2, 0.25) is 5.88 Å². The van der Waals surface area contributed by atoms with Crippen molar-refractivity contribution in [1.82, 2.24) is 9.97 Å². The molecular weight excluding hydrogens is 305 g/mol. The Bertz CT molecular complexity index is 598. The van der Waals surface area contributed by atoms with Crippen LogP contribution in [0.5, 0.6) is 11.6 Å². The average Bonchev–Trinajstić information content (AvgIpc) is 2.33. The number of hydrogen-bond acceptors (Lipinski definition) is 4. The third-order valence-corrected chi connectivity index (χ3v) is 2.75. The zero-order valence-electron chi connectivity index (χ0n) is 8.39. The quantitative estimate of drug-likeness (QED) is 0.851. The molecule has 0 fully saturated rings. The molecule has 0 saturated carbocycles. The van der Waals surface area contributed by atoms with Gasteiger partial charge in [0.15, 0.2) is 0 Å². The van der Waals surface area contributed by atoms with Gasteiger partial charge in [-0.2, -0.15) is 5.26 Å². The van der Waals surface area contributed by atoms with E-state index >= 15 is 0 Å². The maximum Gasteiger partial charge on any atom is 0.240 e. The summed E-state index contributed by atoms with van der Waals surface area (Å²) >= 11 is 9.13. The van der Waals surface area contributed by atoms with Gasteiger partial charge in [-0.3, -0.25) is 0 Å². The second-order valence-corrected chi connectivity index (χ2v) is 4.32. The minimum Gasteiger partial charge on any atom is -0.436 e. The summed E-state index contributed by atoms with van der Waals surface area (Å²) in [7, 11) is 0. The number of aromatic nitrogens is 2. The van der Waals surface area contributed by atoms with Crippen molar-refractivity contribution in [3.63, 3.8) is 0 Å². The first kappa shape index (κ1) is 11.8. The topological polar surface area (TPSA) is 58.8 Å². The Balaban J connectivity index is 2.35. The molecule has 0 unspecified atom stereocenters. The lowest BCUT2D eigenvalue weighted by molar-refractivity contribution is 0.457. The predicted octanol–water partition coefficient (Wildman–Crippen LogP) is 3.56. The SMILES string of the molecule is N#Cc1cncnc1Oc1ccc(Cl)cc1Br. The highest BCUT2D eigenvalue weighted by molar-refractivity contribution is 9.10. The monoisotopic (exact) mass is 309 g/mol. The summed E-state index contributed by atoms with van der Waals surface area (Å²) in [5.74, 6) is 0.745. The minimum atomic E-state index is 0.213. The molecule has 0 aliphatic rings. The van der Waals surface area contributed by atoms with E-state index in [0.717, 1.165) is 0 Å². The Labute approximate surface area is 111 Å². The second kappa shape index (κ2) is 5.13. The Kier molecular flexibility index (Phi) is 3.57. The lowest BCUT2D eigenvalue weighted by atomic mass is 10.3. The van der Waals surface area contributed by atoms with Crippen molar-refractivity contribution in [3.8, 4) is 17.7 Å². The van der Waals surface area contributed by atoms with E-state index in [1.807, 2.05) is 6.07 Å². The van der Waals surface area contributed by atoms with Crippen molar-refractivity contribution in [2.75, 3.05) is 0 Å². The molecule has 1 aromatic heterocycles. The second-order valence-electron chi connectivity index (χ2n) is 3.03. The highest BCUT2D eigenvalue weighted by Crippen LogP contribution is 2.31. The van der Waals surface area contributed by atoms with E-state index in [0.29, 0.717) is 15.2 Å². The van der Waals surface area contributed by atoms with Gasteiger partial charge in [0.25, 0.3) is 0 Å². The van der Waals surface area contributed by atoms with Crippen LogP contribution in [-0.4, -0.2) is 9.97 Å². The van der Waals surface area contributed by atoms with Gasteiger partial charge in [-0.1, -0.05) is 11.6 Å². The van der Waals surface area contributed by atoms with Crippen LogP contribution in [0.25, 0.3) is 0 Å². The van der Waals surface area contributed by atoms with Crippen molar-refractivity contribution in [1.29, 1.82) is 5.26 Å². The Morgan fingerprint density at radius 1 is 1.41 bits per heavy atom. The summed E-state index contributed by atoms with van der Waals surface area (Å²) in [6.07, 6.45) is 2.71. The number of ether oxygens (including phenoxy) is 1.